The van der Waals surface area contributed by atoms with Gasteiger partial charge in [-0.15, -0.1) is 0 Å². The standard InChI is InChI=1S/C12H20O11/c13-1-5(22-11(20)6(16)2-14)4-21-12-10(19)9(18)8(17)7(3-15)23-12/h1-2,5-12,15-20H,3-4H2. The van der Waals surface area contributed by atoms with E-state index in [0.29, 0.717) is 0 Å². The molecule has 1 heterocycles. The van der Waals surface area contributed by atoms with Crippen LogP contribution in [0.1, 0.15) is 0 Å². The van der Waals surface area contributed by atoms with E-state index >= 15 is 0 Å². The van der Waals surface area contributed by atoms with Crippen LogP contribution >= 0.6 is 0 Å². The van der Waals surface area contributed by atoms with Gasteiger partial charge < -0.3 is 54.4 Å². The summed E-state index contributed by atoms with van der Waals surface area (Å²) >= 11 is 0. The molecule has 23 heavy (non-hydrogen) atoms. The van der Waals surface area contributed by atoms with Crippen molar-refractivity contribution >= 4 is 12.6 Å². The van der Waals surface area contributed by atoms with Crippen molar-refractivity contribution in [1.82, 2.24) is 0 Å². The summed E-state index contributed by atoms with van der Waals surface area (Å²) in [7, 11) is 0. The third kappa shape index (κ3) is 5.24. The molecule has 0 aromatic rings. The molecule has 8 unspecified atom stereocenters. The number of ether oxygens (including phenoxy) is 3. The molecule has 1 aliphatic heterocycles. The van der Waals surface area contributed by atoms with Gasteiger partial charge >= 0.3 is 0 Å². The molecule has 6 N–H and O–H groups in total. The van der Waals surface area contributed by atoms with Crippen LogP contribution in [0.3, 0.4) is 0 Å². The molecule has 134 valence electrons. The fourth-order valence-corrected chi connectivity index (χ4v) is 1.83. The maximum Gasteiger partial charge on any atom is 0.188 e. The lowest BCUT2D eigenvalue weighted by atomic mass is 9.99. The summed E-state index contributed by atoms with van der Waals surface area (Å²) in [4.78, 5) is 21.1. The van der Waals surface area contributed by atoms with Crippen molar-refractivity contribution in [2.45, 2.75) is 49.2 Å². The van der Waals surface area contributed by atoms with E-state index in [2.05, 4.69) is 4.74 Å². The van der Waals surface area contributed by atoms with Crippen LogP contribution < -0.4 is 0 Å². The molecule has 0 bridgehead atoms. The van der Waals surface area contributed by atoms with Gasteiger partial charge in [0.05, 0.1) is 13.2 Å². The van der Waals surface area contributed by atoms with Gasteiger partial charge in [0, 0.05) is 0 Å². The van der Waals surface area contributed by atoms with Gasteiger partial charge in [0.25, 0.3) is 0 Å². The van der Waals surface area contributed by atoms with Crippen LogP contribution in [0.25, 0.3) is 0 Å². The largest absolute Gasteiger partial charge is 0.394 e. The Kier molecular flexibility index (Phi) is 8.11. The molecule has 1 fully saturated rings. The third-order valence-corrected chi connectivity index (χ3v) is 3.17. The number of aliphatic hydroxyl groups is 6. The Bertz CT molecular complexity index is 376. The molecule has 8 atom stereocenters. The van der Waals surface area contributed by atoms with Crippen molar-refractivity contribution in [3.8, 4) is 0 Å². The van der Waals surface area contributed by atoms with Crippen LogP contribution in [0.15, 0.2) is 0 Å². The number of hydrogen-bond acceptors (Lipinski definition) is 11. The van der Waals surface area contributed by atoms with Gasteiger partial charge in [0.15, 0.2) is 31.3 Å². The smallest absolute Gasteiger partial charge is 0.188 e. The first-order valence-corrected chi connectivity index (χ1v) is 6.70. The summed E-state index contributed by atoms with van der Waals surface area (Å²) in [5, 5.41) is 56.1. The summed E-state index contributed by atoms with van der Waals surface area (Å²) in [5.74, 6) is 0. The van der Waals surface area contributed by atoms with Crippen molar-refractivity contribution in [3.05, 3.63) is 0 Å². The second-order valence-electron chi connectivity index (χ2n) is 4.86. The average Bonchev–Trinajstić information content (AvgIpc) is 2.56. The summed E-state index contributed by atoms with van der Waals surface area (Å²) in [6.45, 7) is -1.21. The lowest BCUT2D eigenvalue weighted by Gasteiger charge is -2.39. The fourth-order valence-electron chi connectivity index (χ4n) is 1.83. The van der Waals surface area contributed by atoms with Gasteiger partial charge in [-0.1, -0.05) is 0 Å². The van der Waals surface area contributed by atoms with Crippen molar-refractivity contribution in [3.63, 3.8) is 0 Å². The van der Waals surface area contributed by atoms with E-state index in [1.165, 1.54) is 0 Å². The Morgan fingerprint density at radius 2 is 1.70 bits per heavy atom. The van der Waals surface area contributed by atoms with Gasteiger partial charge in [0.2, 0.25) is 0 Å². The first-order chi connectivity index (χ1) is 10.8. The van der Waals surface area contributed by atoms with Crippen molar-refractivity contribution in [1.29, 1.82) is 0 Å². The maximum absolute atomic E-state index is 10.8. The molecule has 1 saturated heterocycles. The highest BCUT2D eigenvalue weighted by Crippen LogP contribution is 2.22. The topological polar surface area (TPSA) is 183 Å². The monoisotopic (exact) mass is 340 g/mol. The van der Waals surface area contributed by atoms with Gasteiger partial charge in [-0.05, 0) is 0 Å². The van der Waals surface area contributed by atoms with E-state index in [-0.39, 0.29) is 12.6 Å². The van der Waals surface area contributed by atoms with Crippen LogP contribution in [0.4, 0.5) is 0 Å². The first kappa shape index (κ1) is 20.0. The molecular formula is C12H20O11. The number of rotatable bonds is 9. The van der Waals surface area contributed by atoms with Gasteiger partial charge in [-0.25, -0.2) is 0 Å². The van der Waals surface area contributed by atoms with Crippen molar-refractivity contribution < 1.29 is 54.4 Å². The average molecular weight is 340 g/mol. The summed E-state index contributed by atoms with van der Waals surface area (Å²) in [6, 6.07) is 0. The van der Waals surface area contributed by atoms with E-state index in [1.807, 2.05) is 0 Å². The quantitative estimate of drug-likeness (QED) is 0.175. The van der Waals surface area contributed by atoms with Crippen molar-refractivity contribution in [2.24, 2.45) is 0 Å². The summed E-state index contributed by atoms with van der Waals surface area (Å²) < 4.78 is 14.7. The lowest BCUT2D eigenvalue weighted by molar-refractivity contribution is -0.307. The molecule has 0 amide bonds. The molecule has 0 aliphatic carbocycles. The number of aliphatic hydroxyl groups excluding tert-OH is 6. The lowest BCUT2D eigenvalue weighted by Crippen LogP contribution is -2.59. The van der Waals surface area contributed by atoms with E-state index in [4.69, 9.17) is 19.7 Å². The predicted octanol–water partition coefficient (Wildman–Crippen LogP) is -4.73. The normalized spacial score (nSPS) is 35.3. The Hall–Kier alpha value is -1.02. The molecular weight excluding hydrogens is 320 g/mol. The Balaban J connectivity index is 2.56. The zero-order chi connectivity index (χ0) is 17.6. The van der Waals surface area contributed by atoms with Crippen LogP contribution in [0.2, 0.25) is 0 Å². The number of carbonyl (C=O) groups is 2. The van der Waals surface area contributed by atoms with Gasteiger partial charge in [0.1, 0.15) is 30.5 Å². The summed E-state index contributed by atoms with van der Waals surface area (Å²) in [5.41, 5.74) is 0. The zero-order valence-electron chi connectivity index (χ0n) is 11.9. The molecule has 1 rings (SSSR count). The third-order valence-electron chi connectivity index (χ3n) is 3.17. The SMILES string of the molecule is O=CC(COC1OC(CO)C(O)C(O)C1O)OC(O)C(O)C=O. The first-order valence-electron chi connectivity index (χ1n) is 6.70. The van der Waals surface area contributed by atoms with Crippen LogP contribution in [0.5, 0.6) is 0 Å². The Morgan fingerprint density at radius 1 is 1.04 bits per heavy atom. The number of aldehydes is 2. The molecule has 11 nitrogen and oxygen atoms in total. The fraction of sp³-hybridized carbons (Fsp3) is 0.833. The molecule has 0 saturated carbocycles. The van der Waals surface area contributed by atoms with E-state index in [0.717, 1.165) is 0 Å². The molecule has 0 aromatic carbocycles. The second kappa shape index (κ2) is 9.32. The highest BCUT2D eigenvalue weighted by molar-refractivity contribution is 5.57. The zero-order valence-corrected chi connectivity index (χ0v) is 11.9. The highest BCUT2D eigenvalue weighted by atomic mass is 16.7. The van der Waals surface area contributed by atoms with Crippen LogP contribution in [0, 0.1) is 0 Å². The van der Waals surface area contributed by atoms with E-state index < -0.39 is 62.4 Å². The van der Waals surface area contributed by atoms with E-state index in [1.54, 1.807) is 0 Å². The minimum atomic E-state index is -1.96. The molecule has 11 heteroatoms. The van der Waals surface area contributed by atoms with Crippen LogP contribution in [-0.4, -0.2) is 106 Å². The Labute approximate surface area is 130 Å². The minimum Gasteiger partial charge on any atom is -0.394 e. The van der Waals surface area contributed by atoms with Crippen LogP contribution in [-0.2, 0) is 23.8 Å². The summed E-state index contributed by atoms with van der Waals surface area (Å²) in [6.07, 6.45) is -12.5. The molecule has 1 aliphatic rings. The van der Waals surface area contributed by atoms with E-state index in [9.17, 15) is 30.0 Å². The number of hydrogen-bond donors (Lipinski definition) is 6. The second-order valence-corrected chi connectivity index (χ2v) is 4.86. The maximum atomic E-state index is 10.8. The Morgan fingerprint density at radius 3 is 2.22 bits per heavy atom. The van der Waals surface area contributed by atoms with Gasteiger partial charge in [-0.3, -0.25) is 0 Å². The van der Waals surface area contributed by atoms with Gasteiger partial charge in [-0.2, -0.15) is 0 Å². The van der Waals surface area contributed by atoms with Crippen molar-refractivity contribution in [2.75, 3.05) is 13.2 Å². The molecule has 0 aromatic heterocycles. The number of carbonyl (C=O) groups excluding carboxylic acids is 2. The molecule has 0 spiro atoms. The molecule has 0 radical (unpaired) electrons. The predicted molar refractivity (Wildman–Crippen MR) is 68.7 cm³/mol. The minimum absolute atomic E-state index is 0.00494. The highest BCUT2D eigenvalue weighted by Gasteiger charge is 2.44.